The van der Waals surface area contributed by atoms with E-state index in [4.69, 9.17) is 9.52 Å². The first-order valence-corrected chi connectivity index (χ1v) is 13.3. The Labute approximate surface area is 219 Å². The summed E-state index contributed by atoms with van der Waals surface area (Å²) >= 11 is 0. The number of para-hydroxylation sites is 1. The number of benzene rings is 1. The fourth-order valence-electron chi connectivity index (χ4n) is 3.76. The van der Waals surface area contributed by atoms with Crippen LogP contribution in [0.15, 0.2) is 47.0 Å². The molecule has 2 aromatic heterocycles. The summed E-state index contributed by atoms with van der Waals surface area (Å²) in [5.41, 5.74) is 6.43. The van der Waals surface area contributed by atoms with Gasteiger partial charge in [-0.15, -0.1) is 0 Å². The number of amides is 2. The van der Waals surface area contributed by atoms with Gasteiger partial charge >= 0.3 is 0 Å². The molecule has 1 aromatic carbocycles. The van der Waals surface area contributed by atoms with Crippen molar-refractivity contribution in [2.75, 3.05) is 31.8 Å². The Balaban J connectivity index is 0.000000934. The molecular formula is C25H30N4O8P-. The standard InChI is InChI=1S/C23H24N3O7P.C2H7NO/c1-15-18-5-3-4-6-19(18)33-20(15)13-25(2)21(27)9-7-16-11-17-8-10-22(28)26(23(17)24-12-16)14-32-34(29,30)31;3-1-2-4/h3-7,9,11-12H,8,10,13-14H2,1-2H3,(H2,29,30,31);4H,1-3H2/p-1/b9-7+;. The smallest absolute Gasteiger partial charge is 0.246 e. The maximum absolute atomic E-state index is 12.6. The number of rotatable bonds is 8. The van der Waals surface area contributed by atoms with Gasteiger partial charge in [0.25, 0.3) is 0 Å². The Kier molecular flexibility index (Phi) is 9.92. The van der Waals surface area contributed by atoms with Gasteiger partial charge in [0, 0.05) is 36.7 Å². The number of aryl methyl sites for hydroxylation is 2. The lowest BCUT2D eigenvalue weighted by molar-refractivity contribution is -0.372. The van der Waals surface area contributed by atoms with E-state index in [1.165, 1.54) is 17.2 Å². The number of quaternary nitrogens is 1. The number of phosphoric ester groups is 1. The number of furan rings is 1. The molecule has 2 amide bonds. The summed E-state index contributed by atoms with van der Waals surface area (Å²) in [7, 11) is -3.55. The van der Waals surface area contributed by atoms with Crippen molar-refractivity contribution in [1.29, 1.82) is 0 Å². The molecule has 0 bridgehead atoms. The molecule has 1 aliphatic heterocycles. The maximum Gasteiger partial charge on any atom is 0.246 e. The number of aliphatic hydroxyl groups excluding tert-OH is 1. The first kappa shape index (κ1) is 29.2. The van der Waals surface area contributed by atoms with Crippen LogP contribution in [0.3, 0.4) is 0 Å². The molecule has 0 fully saturated rings. The third kappa shape index (κ3) is 7.57. The minimum atomic E-state index is -5.23. The van der Waals surface area contributed by atoms with Crippen LogP contribution in [0.2, 0.25) is 0 Å². The van der Waals surface area contributed by atoms with E-state index in [1.54, 1.807) is 19.2 Å². The molecule has 0 aliphatic carbocycles. The van der Waals surface area contributed by atoms with Gasteiger partial charge in [0.15, 0.2) is 0 Å². The highest BCUT2D eigenvalue weighted by Crippen LogP contribution is 2.31. The molecule has 1 aliphatic rings. The van der Waals surface area contributed by atoms with Crippen LogP contribution in [0.5, 0.6) is 0 Å². The van der Waals surface area contributed by atoms with E-state index in [-0.39, 0.29) is 24.8 Å². The van der Waals surface area contributed by atoms with Gasteiger partial charge in [-0.3, -0.25) is 14.5 Å². The van der Waals surface area contributed by atoms with Crippen LogP contribution < -0.4 is 20.4 Å². The number of carbonyl (C=O) groups is 2. The number of anilines is 1. The average Bonchev–Trinajstić information content (AvgIpc) is 3.21. The summed E-state index contributed by atoms with van der Waals surface area (Å²) in [6.45, 7) is 2.38. The van der Waals surface area contributed by atoms with Crippen LogP contribution in [-0.2, 0) is 31.6 Å². The zero-order valence-electron chi connectivity index (χ0n) is 21.2. The summed E-state index contributed by atoms with van der Waals surface area (Å²) in [4.78, 5) is 53.1. The quantitative estimate of drug-likeness (QED) is 0.293. The number of nitrogens with zero attached hydrogens (tertiary/aromatic N) is 3. The number of phosphoric acid groups is 1. The molecule has 0 unspecified atom stereocenters. The summed E-state index contributed by atoms with van der Waals surface area (Å²) in [6, 6.07) is 9.45. The molecule has 38 heavy (non-hydrogen) atoms. The van der Waals surface area contributed by atoms with Gasteiger partial charge in [-0.25, -0.2) is 4.98 Å². The van der Waals surface area contributed by atoms with Gasteiger partial charge in [0.1, 0.15) is 23.9 Å². The normalized spacial score (nSPS) is 13.4. The zero-order chi connectivity index (χ0) is 27.9. The molecule has 4 rings (SSSR count). The molecule has 204 valence electrons. The Hall–Kier alpha value is -3.38. The van der Waals surface area contributed by atoms with E-state index in [0.717, 1.165) is 21.4 Å². The van der Waals surface area contributed by atoms with Crippen molar-refractivity contribution in [2.45, 2.75) is 26.3 Å². The number of pyridine rings is 1. The number of fused-ring (bicyclic) bond motifs is 2. The van der Waals surface area contributed by atoms with Gasteiger partial charge < -0.3 is 39.0 Å². The van der Waals surface area contributed by atoms with Crippen LogP contribution in [-0.4, -0.2) is 53.7 Å². The molecule has 0 saturated heterocycles. The predicted molar refractivity (Wildman–Crippen MR) is 135 cm³/mol. The minimum Gasteiger partial charge on any atom is -0.790 e. The summed E-state index contributed by atoms with van der Waals surface area (Å²) in [5.74, 6) is 0.318. The second-order valence-electron chi connectivity index (χ2n) is 8.53. The van der Waals surface area contributed by atoms with Crippen LogP contribution in [0.1, 0.15) is 28.9 Å². The van der Waals surface area contributed by atoms with E-state index in [0.29, 0.717) is 36.4 Å². The number of likely N-dealkylation sites (N-methyl/N-ethyl adjacent to an activating group) is 1. The summed E-state index contributed by atoms with van der Waals surface area (Å²) in [5, 5.41) is 8.83. The lowest BCUT2D eigenvalue weighted by atomic mass is 10.0. The third-order valence-electron chi connectivity index (χ3n) is 5.75. The molecule has 0 saturated carbocycles. The number of aliphatic hydroxyl groups is 1. The lowest BCUT2D eigenvalue weighted by Crippen LogP contribution is -2.51. The fourth-order valence-corrected chi connectivity index (χ4v) is 4.02. The number of hydrogen-bond acceptors (Lipinski definition) is 9. The summed E-state index contributed by atoms with van der Waals surface area (Å²) in [6.07, 6.45) is 4.99. The maximum atomic E-state index is 12.6. The molecular weight excluding hydrogens is 515 g/mol. The molecule has 4 N–H and O–H groups in total. The van der Waals surface area contributed by atoms with Gasteiger partial charge in [0.05, 0.1) is 27.5 Å². The molecule has 0 radical (unpaired) electrons. The highest BCUT2D eigenvalue weighted by atomic mass is 31.2. The minimum absolute atomic E-state index is 0.117. The van der Waals surface area contributed by atoms with Gasteiger partial charge in [0.2, 0.25) is 11.8 Å². The zero-order valence-corrected chi connectivity index (χ0v) is 22.1. The Morgan fingerprint density at radius 3 is 2.71 bits per heavy atom. The monoisotopic (exact) mass is 545 g/mol. The first-order chi connectivity index (χ1) is 18.0. The van der Waals surface area contributed by atoms with Crippen LogP contribution in [0, 0.1) is 6.92 Å². The van der Waals surface area contributed by atoms with Crippen LogP contribution in [0.25, 0.3) is 17.0 Å². The van der Waals surface area contributed by atoms with E-state index < -0.39 is 20.5 Å². The lowest BCUT2D eigenvalue weighted by Gasteiger charge is -2.34. The summed E-state index contributed by atoms with van der Waals surface area (Å²) < 4.78 is 20.9. The molecule has 3 aromatic rings. The Bertz CT molecular complexity index is 1360. The van der Waals surface area contributed by atoms with Crippen molar-refractivity contribution >= 4 is 42.5 Å². The Morgan fingerprint density at radius 1 is 1.34 bits per heavy atom. The van der Waals surface area contributed by atoms with E-state index in [1.807, 2.05) is 31.2 Å². The van der Waals surface area contributed by atoms with Gasteiger partial charge in [-0.05, 0) is 42.7 Å². The topological polar surface area (TPSA) is 187 Å². The van der Waals surface area contributed by atoms with Gasteiger partial charge in [-0.2, -0.15) is 0 Å². The SMILES string of the molecule is Cc1c(CN(C)C(=O)/C=C/c2cnc3c(c2)CCC(=O)N3COP(=O)([O-])[O-])oc2ccccc12.[NH3+]CCO. The highest BCUT2D eigenvalue weighted by molar-refractivity contribution is 7.43. The molecule has 0 atom stereocenters. The average molecular weight is 546 g/mol. The first-order valence-electron chi connectivity index (χ1n) is 11.8. The van der Waals surface area contributed by atoms with Crippen molar-refractivity contribution in [3.05, 3.63) is 65.1 Å². The molecule has 3 heterocycles. The fraction of sp³-hybridized carbons (Fsp3) is 0.320. The largest absolute Gasteiger partial charge is 0.790 e. The van der Waals surface area contributed by atoms with E-state index in [9.17, 15) is 23.9 Å². The van der Waals surface area contributed by atoms with Gasteiger partial charge in [-0.1, -0.05) is 18.2 Å². The van der Waals surface area contributed by atoms with E-state index >= 15 is 0 Å². The third-order valence-corrected chi connectivity index (χ3v) is 6.18. The van der Waals surface area contributed by atoms with Crippen molar-refractivity contribution in [3.63, 3.8) is 0 Å². The Morgan fingerprint density at radius 2 is 2.05 bits per heavy atom. The predicted octanol–water partition coefficient (Wildman–Crippen LogP) is 0.111. The number of aromatic nitrogens is 1. The van der Waals surface area contributed by atoms with Crippen LogP contribution >= 0.6 is 7.82 Å². The highest BCUT2D eigenvalue weighted by Gasteiger charge is 2.26. The molecule has 13 heteroatoms. The van der Waals surface area contributed by atoms with Crippen molar-refractivity contribution in [1.82, 2.24) is 9.88 Å². The number of carbonyl (C=O) groups excluding carboxylic acids is 2. The molecule has 0 spiro atoms. The van der Waals surface area contributed by atoms with Crippen molar-refractivity contribution in [3.8, 4) is 0 Å². The second kappa shape index (κ2) is 12.9. The van der Waals surface area contributed by atoms with Crippen molar-refractivity contribution in [2.24, 2.45) is 0 Å². The second-order valence-corrected chi connectivity index (χ2v) is 9.68. The molecule has 12 nitrogen and oxygen atoms in total. The van der Waals surface area contributed by atoms with E-state index in [2.05, 4.69) is 15.2 Å². The van der Waals surface area contributed by atoms with Crippen LogP contribution in [0.4, 0.5) is 5.82 Å². The van der Waals surface area contributed by atoms with Crippen molar-refractivity contribution < 1.29 is 43.7 Å². The number of hydrogen-bond donors (Lipinski definition) is 2.